The fraction of sp³-hybridized carbons (Fsp3) is 0.182. The molecule has 0 bridgehead atoms. The van der Waals surface area contributed by atoms with Crippen LogP contribution in [0.2, 0.25) is 0 Å². The molecule has 0 spiro atoms. The van der Waals surface area contributed by atoms with Crippen LogP contribution in [0.3, 0.4) is 0 Å². The standard InChI is InChI=1S/C22H23N3O5S2/c1-15-13-17(6-11-20(15)23-16(2)26)24-21(27)14-30-19-9-7-18(8-10-19)25(3)32(28,29)22-5-4-12-31-22/h4-13H,14H2,1-3H3,(H,23,26)(H,24,27). The van der Waals surface area contributed by atoms with Gasteiger partial charge in [-0.1, -0.05) is 6.07 Å². The molecule has 0 atom stereocenters. The minimum Gasteiger partial charge on any atom is -0.484 e. The van der Waals surface area contributed by atoms with E-state index in [0.29, 0.717) is 22.8 Å². The molecule has 168 valence electrons. The summed E-state index contributed by atoms with van der Waals surface area (Å²) in [5.41, 5.74) is 2.56. The summed E-state index contributed by atoms with van der Waals surface area (Å²) in [6.07, 6.45) is 0. The first-order valence-electron chi connectivity index (χ1n) is 9.60. The average molecular weight is 474 g/mol. The Morgan fingerprint density at radius 1 is 1.06 bits per heavy atom. The number of benzene rings is 2. The Hall–Kier alpha value is -3.37. The van der Waals surface area contributed by atoms with E-state index in [-0.39, 0.29) is 22.6 Å². The van der Waals surface area contributed by atoms with Gasteiger partial charge in [0, 0.05) is 25.3 Å². The van der Waals surface area contributed by atoms with Crippen LogP contribution >= 0.6 is 11.3 Å². The van der Waals surface area contributed by atoms with Gasteiger partial charge >= 0.3 is 0 Å². The molecule has 0 aliphatic carbocycles. The molecule has 32 heavy (non-hydrogen) atoms. The van der Waals surface area contributed by atoms with E-state index >= 15 is 0 Å². The lowest BCUT2D eigenvalue weighted by molar-refractivity contribution is -0.118. The van der Waals surface area contributed by atoms with Crippen LogP contribution in [0, 0.1) is 6.92 Å². The highest BCUT2D eigenvalue weighted by Gasteiger charge is 2.22. The number of nitrogens with zero attached hydrogens (tertiary/aromatic N) is 1. The van der Waals surface area contributed by atoms with Crippen molar-refractivity contribution < 1.29 is 22.7 Å². The van der Waals surface area contributed by atoms with Crippen molar-refractivity contribution in [3.8, 4) is 5.75 Å². The summed E-state index contributed by atoms with van der Waals surface area (Å²) in [7, 11) is -2.13. The Labute approximate surface area is 190 Å². The van der Waals surface area contributed by atoms with Crippen LogP contribution in [0.25, 0.3) is 0 Å². The molecule has 2 amide bonds. The predicted molar refractivity (Wildman–Crippen MR) is 126 cm³/mol. The fourth-order valence-corrected chi connectivity index (χ4v) is 5.21. The van der Waals surface area contributed by atoms with Crippen LogP contribution in [0.1, 0.15) is 12.5 Å². The highest BCUT2D eigenvalue weighted by Crippen LogP contribution is 2.26. The van der Waals surface area contributed by atoms with Gasteiger partial charge in [0.2, 0.25) is 5.91 Å². The second-order valence-corrected chi connectivity index (χ2v) is 10.1. The predicted octanol–water partition coefficient (Wildman–Crippen LogP) is 3.86. The van der Waals surface area contributed by atoms with Crippen LogP contribution in [-0.4, -0.2) is 33.9 Å². The Morgan fingerprint density at radius 3 is 2.38 bits per heavy atom. The number of hydrogen-bond donors (Lipinski definition) is 2. The summed E-state index contributed by atoms with van der Waals surface area (Å²) in [6, 6.07) is 14.8. The first-order chi connectivity index (χ1) is 15.2. The van der Waals surface area contributed by atoms with Gasteiger partial charge in [0.15, 0.2) is 6.61 Å². The zero-order valence-electron chi connectivity index (χ0n) is 17.8. The van der Waals surface area contributed by atoms with Gasteiger partial charge in [-0.3, -0.25) is 13.9 Å². The van der Waals surface area contributed by atoms with Crippen LogP contribution in [0.4, 0.5) is 17.1 Å². The molecule has 8 nitrogen and oxygen atoms in total. The highest BCUT2D eigenvalue weighted by molar-refractivity contribution is 7.94. The van der Waals surface area contributed by atoms with Gasteiger partial charge in [-0.15, -0.1) is 11.3 Å². The number of aryl methyl sites for hydroxylation is 1. The van der Waals surface area contributed by atoms with Gasteiger partial charge in [0.05, 0.1) is 5.69 Å². The minimum absolute atomic E-state index is 0.167. The summed E-state index contributed by atoms with van der Waals surface area (Å²) >= 11 is 1.15. The van der Waals surface area contributed by atoms with Crippen molar-refractivity contribution in [1.29, 1.82) is 0 Å². The smallest absolute Gasteiger partial charge is 0.273 e. The summed E-state index contributed by atoms with van der Waals surface area (Å²) in [6.45, 7) is 3.05. The quantitative estimate of drug-likeness (QED) is 0.517. The van der Waals surface area contributed by atoms with Gasteiger partial charge in [0.1, 0.15) is 9.96 Å². The number of carbonyl (C=O) groups is 2. The van der Waals surface area contributed by atoms with E-state index < -0.39 is 10.0 Å². The maximum Gasteiger partial charge on any atom is 0.273 e. The zero-order chi connectivity index (χ0) is 23.3. The van der Waals surface area contributed by atoms with Gasteiger partial charge in [0.25, 0.3) is 15.9 Å². The third-order valence-corrected chi connectivity index (χ3v) is 7.66. The average Bonchev–Trinajstić information content (AvgIpc) is 3.30. The maximum atomic E-state index is 12.6. The molecule has 3 rings (SSSR count). The number of sulfonamides is 1. The fourth-order valence-electron chi connectivity index (χ4n) is 2.85. The van der Waals surface area contributed by atoms with E-state index in [0.717, 1.165) is 16.9 Å². The van der Waals surface area contributed by atoms with E-state index in [1.165, 1.54) is 18.3 Å². The highest BCUT2D eigenvalue weighted by atomic mass is 32.2. The number of hydrogen-bond acceptors (Lipinski definition) is 6. The number of ether oxygens (including phenoxy) is 1. The first kappa shape index (κ1) is 23.3. The van der Waals surface area contributed by atoms with E-state index in [4.69, 9.17) is 4.74 Å². The minimum atomic E-state index is -3.61. The largest absolute Gasteiger partial charge is 0.484 e. The van der Waals surface area contributed by atoms with Crippen molar-refractivity contribution >= 4 is 50.2 Å². The lowest BCUT2D eigenvalue weighted by Gasteiger charge is -2.18. The normalized spacial score (nSPS) is 11.0. The van der Waals surface area contributed by atoms with Crippen molar-refractivity contribution in [2.45, 2.75) is 18.1 Å². The van der Waals surface area contributed by atoms with Gasteiger partial charge in [-0.25, -0.2) is 8.42 Å². The molecule has 3 aromatic rings. The van der Waals surface area contributed by atoms with Crippen LogP contribution in [-0.2, 0) is 19.6 Å². The molecular formula is C22H23N3O5S2. The molecule has 0 saturated heterocycles. The number of nitrogens with one attached hydrogen (secondary N) is 2. The van der Waals surface area contributed by atoms with Crippen molar-refractivity contribution in [3.05, 3.63) is 65.5 Å². The van der Waals surface area contributed by atoms with E-state index in [9.17, 15) is 18.0 Å². The number of carbonyl (C=O) groups excluding carboxylic acids is 2. The topological polar surface area (TPSA) is 105 Å². The third-order valence-electron chi connectivity index (χ3n) is 4.50. The van der Waals surface area contributed by atoms with E-state index in [2.05, 4.69) is 10.6 Å². The van der Waals surface area contributed by atoms with Crippen LogP contribution in [0.15, 0.2) is 64.2 Å². The van der Waals surface area contributed by atoms with Crippen LogP contribution in [0.5, 0.6) is 5.75 Å². The van der Waals surface area contributed by atoms with Gasteiger partial charge in [-0.05, 0) is 66.4 Å². The summed E-state index contributed by atoms with van der Waals surface area (Å²) in [5.74, 6) is -0.0826. The molecule has 1 aromatic heterocycles. The Balaban J connectivity index is 1.56. The van der Waals surface area contributed by atoms with Crippen molar-refractivity contribution in [1.82, 2.24) is 0 Å². The number of amides is 2. The number of anilines is 3. The molecular weight excluding hydrogens is 450 g/mol. The summed E-state index contributed by atoms with van der Waals surface area (Å²) in [4.78, 5) is 23.4. The molecule has 1 heterocycles. The van der Waals surface area contributed by atoms with Gasteiger partial charge < -0.3 is 15.4 Å². The SMILES string of the molecule is CC(=O)Nc1ccc(NC(=O)COc2ccc(N(C)S(=O)(=O)c3cccs3)cc2)cc1C. The molecule has 0 fully saturated rings. The van der Waals surface area contributed by atoms with Gasteiger partial charge in [-0.2, -0.15) is 0 Å². The van der Waals surface area contributed by atoms with Crippen molar-refractivity contribution in [3.63, 3.8) is 0 Å². The van der Waals surface area contributed by atoms with E-state index in [1.807, 2.05) is 6.92 Å². The maximum absolute atomic E-state index is 12.6. The summed E-state index contributed by atoms with van der Waals surface area (Å²) in [5, 5.41) is 7.16. The molecule has 0 aliphatic rings. The molecule has 0 radical (unpaired) electrons. The molecule has 2 N–H and O–H groups in total. The number of thiophene rings is 1. The van der Waals surface area contributed by atoms with E-state index in [1.54, 1.807) is 60.0 Å². The molecule has 10 heteroatoms. The first-order valence-corrected chi connectivity index (χ1v) is 11.9. The lowest BCUT2D eigenvalue weighted by atomic mass is 10.1. The Kier molecular flexibility index (Phi) is 7.16. The summed E-state index contributed by atoms with van der Waals surface area (Å²) < 4.78 is 32.2. The second kappa shape index (κ2) is 9.84. The lowest BCUT2D eigenvalue weighted by Crippen LogP contribution is -2.25. The molecule has 0 aliphatic heterocycles. The Bertz CT molecular complexity index is 1210. The number of rotatable bonds is 8. The third kappa shape index (κ3) is 5.65. The molecule has 0 unspecified atom stereocenters. The Morgan fingerprint density at radius 2 is 1.78 bits per heavy atom. The monoisotopic (exact) mass is 473 g/mol. The molecule has 2 aromatic carbocycles. The molecule has 0 saturated carbocycles. The van der Waals surface area contributed by atoms with Crippen LogP contribution < -0.4 is 19.7 Å². The van der Waals surface area contributed by atoms with Crippen molar-refractivity contribution in [2.24, 2.45) is 0 Å². The zero-order valence-corrected chi connectivity index (χ0v) is 19.4. The van der Waals surface area contributed by atoms with Crippen molar-refractivity contribution in [2.75, 3.05) is 28.6 Å². The second-order valence-electron chi connectivity index (χ2n) is 6.95.